The maximum atomic E-state index is 13.3. The van der Waals surface area contributed by atoms with E-state index >= 15 is 0 Å². The summed E-state index contributed by atoms with van der Waals surface area (Å²) >= 11 is 0. The molecule has 0 bridgehead atoms. The number of amides is 1. The highest BCUT2D eigenvalue weighted by Crippen LogP contribution is 2.45. The van der Waals surface area contributed by atoms with E-state index in [-0.39, 0.29) is 11.3 Å². The maximum Gasteiger partial charge on any atom is 0.295 e. The Kier molecular flexibility index (Phi) is 8.40. The molecule has 8 heteroatoms. The molecule has 0 saturated carbocycles. The summed E-state index contributed by atoms with van der Waals surface area (Å²) in [6.07, 6.45) is 0. The quantitative estimate of drug-likeness (QED) is 0.306. The van der Waals surface area contributed by atoms with Crippen LogP contribution in [0.1, 0.15) is 36.6 Å². The first-order valence-electron chi connectivity index (χ1n) is 11.8. The van der Waals surface area contributed by atoms with Crippen LogP contribution in [-0.4, -0.2) is 69.2 Å². The lowest BCUT2D eigenvalue weighted by molar-refractivity contribution is -0.895. The predicted molar refractivity (Wildman–Crippen MR) is 133 cm³/mol. The number of nitrogens with zero attached hydrogens (tertiary/aromatic N) is 1. The van der Waals surface area contributed by atoms with Crippen LogP contribution in [0.25, 0.3) is 5.76 Å². The van der Waals surface area contributed by atoms with E-state index in [9.17, 15) is 14.7 Å². The molecule has 3 rings (SSSR count). The van der Waals surface area contributed by atoms with Crippen LogP contribution < -0.4 is 19.1 Å². The fraction of sp³-hybridized carbons (Fsp3) is 0.407. The Labute approximate surface area is 206 Å². The molecular formula is C27H35N2O6+. The van der Waals surface area contributed by atoms with Crippen LogP contribution in [0.5, 0.6) is 17.2 Å². The molecule has 0 aromatic heterocycles. The summed E-state index contributed by atoms with van der Waals surface area (Å²) in [5, 5.41) is 11.4. The number of nitrogens with one attached hydrogen (secondary N) is 1. The molecule has 0 spiro atoms. The van der Waals surface area contributed by atoms with Gasteiger partial charge in [0, 0.05) is 11.1 Å². The number of hydrogen-bond acceptors (Lipinski definition) is 6. The number of carbonyl (C=O) groups excluding carboxylic acids is 2. The number of Topliss-reactive ketones (excluding diaryl/α,β-unsaturated/α-hetero) is 1. The van der Waals surface area contributed by atoms with Crippen molar-refractivity contribution in [2.75, 3.05) is 47.5 Å². The molecule has 1 atom stereocenters. The van der Waals surface area contributed by atoms with Gasteiger partial charge in [-0.1, -0.05) is 12.1 Å². The van der Waals surface area contributed by atoms with Crippen molar-refractivity contribution < 1.29 is 33.8 Å². The summed E-state index contributed by atoms with van der Waals surface area (Å²) in [6, 6.07) is 9.64. The number of hydrogen-bond donors (Lipinski definition) is 2. The van der Waals surface area contributed by atoms with E-state index in [1.807, 2.05) is 6.92 Å². The fourth-order valence-corrected chi connectivity index (χ4v) is 4.62. The standard InChI is InChI=1S/C27H34N2O6/c1-7-28(8-2)14-15-29-23(19-10-9-11-21(34-5)26(19)35-6)22(25(31)27(29)32)24(30)18-12-13-20(33-4)17(3)16-18/h9-13,16,23,30H,7-8,14-15H2,1-6H3/p+1. The van der Waals surface area contributed by atoms with Crippen LogP contribution in [-0.2, 0) is 9.59 Å². The summed E-state index contributed by atoms with van der Waals surface area (Å²) < 4.78 is 16.4. The van der Waals surface area contributed by atoms with Crippen LogP contribution >= 0.6 is 0 Å². The predicted octanol–water partition coefficient (Wildman–Crippen LogP) is 2.37. The Morgan fingerprint density at radius 2 is 1.69 bits per heavy atom. The van der Waals surface area contributed by atoms with Crippen molar-refractivity contribution >= 4 is 17.4 Å². The molecule has 1 saturated heterocycles. The molecule has 0 aliphatic carbocycles. The molecule has 0 radical (unpaired) electrons. The van der Waals surface area contributed by atoms with Crippen molar-refractivity contribution in [3.8, 4) is 17.2 Å². The molecule has 2 N–H and O–H groups in total. The largest absolute Gasteiger partial charge is 0.507 e. The third-order valence-electron chi connectivity index (χ3n) is 6.64. The number of carbonyl (C=O) groups is 2. The number of ketones is 1. The van der Waals surface area contributed by atoms with E-state index in [0.717, 1.165) is 18.7 Å². The molecule has 2 aromatic rings. The van der Waals surface area contributed by atoms with Gasteiger partial charge in [0.25, 0.3) is 11.7 Å². The Morgan fingerprint density at radius 3 is 2.26 bits per heavy atom. The first-order valence-corrected chi connectivity index (χ1v) is 11.8. The second-order valence-corrected chi connectivity index (χ2v) is 8.47. The van der Waals surface area contributed by atoms with Gasteiger partial charge in [0.05, 0.1) is 59.1 Å². The van der Waals surface area contributed by atoms with Gasteiger partial charge in [0.1, 0.15) is 11.5 Å². The van der Waals surface area contributed by atoms with Crippen molar-refractivity contribution in [2.45, 2.75) is 26.8 Å². The topological polar surface area (TPSA) is 89.7 Å². The molecule has 1 aliphatic rings. The maximum absolute atomic E-state index is 13.3. The number of likely N-dealkylation sites (N-methyl/N-ethyl adjacent to an activating group) is 1. The second-order valence-electron chi connectivity index (χ2n) is 8.47. The van der Waals surface area contributed by atoms with Crippen molar-refractivity contribution in [3.63, 3.8) is 0 Å². The summed E-state index contributed by atoms with van der Waals surface area (Å²) in [4.78, 5) is 29.5. The summed E-state index contributed by atoms with van der Waals surface area (Å²) in [7, 11) is 4.61. The molecule has 1 aliphatic heterocycles. The molecule has 1 amide bonds. The normalized spacial score (nSPS) is 17.2. The first-order chi connectivity index (χ1) is 16.8. The lowest BCUT2D eigenvalue weighted by Gasteiger charge is -2.28. The third-order valence-corrected chi connectivity index (χ3v) is 6.64. The number of aryl methyl sites for hydroxylation is 1. The van der Waals surface area contributed by atoms with Crippen molar-refractivity contribution in [1.82, 2.24) is 4.90 Å². The van der Waals surface area contributed by atoms with E-state index in [1.54, 1.807) is 43.5 Å². The van der Waals surface area contributed by atoms with Gasteiger partial charge in [-0.25, -0.2) is 0 Å². The monoisotopic (exact) mass is 483 g/mol. The number of rotatable bonds is 10. The van der Waals surface area contributed by atoms with Crippen molar-refractivity contribution in [3.05, 3.63) is 58.7 Å². The number of aliphatic hydroxyl groups excluding tert-OH is 1. The van der Waals surface area contributed by atoms with Crippen LogP contribution in [0.15, 0.2) is 42.0 Å². The number of para-hydroxylation sites is 1. The Hall–Kier alpha value is -3.52. The zero-order valence-corrected chi connectivity index (χ0v) is 21.3. The van der Waals surface area contributed by atoms with Gasteiger partial charge >= 0.3 is 0 Å². The Balaban J connectivity index is 2.21. The molecule has 1 unspecified atom stereocenters. The summed E-state index contributed by atoms with van der Waals surface area (Å²) in [5.74, 6) is -0.0420. The zero-order chi connectivity index (χ0) is 25.7. The molecule has 188 valence electrons. The lowest BCUT2D eigenvalue weighted by Crippen LogP contribution is -3.12. The lowest BCUT2D eigenvalue weighted by atomic mass is 9.94. The Morgan fingerprint density at radius 1 is 1.00 bits per heavy atom. The summed E-state index contributed by atoms with van der Waals surface area (Å²) in [5.41, 5.74) is 1.84. The second kappa shape index (κ2) is 11.3. The van der Waals surface area contributed by atoms with Gasteiger partial charge in [-0.2, -0.15) is 0 Å². The van der Waals surface area contributed by atoms with E-state index < -0.39 is 17.7 Å². The minimum atomic E-state index is -0.822. The third kappa shape index (κ3) is 4.98. The minimum Gasteiger partial charge on any atom is -0.507 e. The molecule has 1 fully saturated rings. The smallest absolute Gasteiger partial charge is 0.295 e. The van der Waals surface area contributed by atoms with Gasteiger partial charge in [-0.15, -0.1) is 0 Å². The summed E-state index contributed by atoms with van der Waals surface area (Å²) in [6.45, 7) is 8.85. The number of likely N-dealkylation sites (tertiary alicyclic amines) is 1. The average Bonchev–Trinajstić information content (AvgIpc) is 3.12. The van der Waals surface area contributed by atoms with Gasteiger partial charge in [0.2, 0.25) is 0 Å². The van der Waals surface area contributed by atoms with E-state index in [1.165, 1.54) is 24.0 Å². The van der Waals surface area contributed by atoms with Gasteiger partial charge in [-0.3, -0.25) is 9.59 Å². The number of ether oxygens (including phenoxy) is 3. The average molecular weight is 484 g/mol. The van der Waals surface area contributed by atoms with E-state index in [2.05, 4.69) is 13.8 Å². The van der Waals surface area contributed by atoms with Gasteiger partial charge in [-0.05, 0) is 50.6 Å². The minimum absolute atomic E-state index is 0.0284. The molecule has 1 heterocycles. The first kappa shape index (κ1) is 26.1. The SMILES string of the molecule is CC[NH+](CC)CCN1C(=O)C(=O)C(=C(O)c2ccc(OC)c(C)c2)C1c1cccc(OC)c1OC. The van der Waals surface area contributed by atoms with Gasteiger partial charge in [0.15, 0.2) is 11.5 Å². The highest BCUT2D eigenvalue weighted by molar-refractivity contribution is 6.46. The van der Waals surface area contributed by atoms with Crippen molar-refractivity contribution in [2.24, 2.45) is 0 Å². The molecule has 2 aromatic carbocycles. The van der Waals surface area contributed by atoms with Crippen LogP contribution in [0.3, 0.4) is 0 Å². The van der Waals surface area contributed by atoms with E-state index in [4.69, 9.17) is 14.2 Å². The highest BCUT2D eigenvalue weighted by atomic mass is 16.5. The molecule has 8 nitrogen and oxygen atoms in total. The van der Waals surface area contributed by atoms with Gasteiger partial charge < -0.3 is 29.1 Å². The number of benzene rings is 2. The molecular weight excluding hydrogens is 448 g/mol. The molecule has 35 heavy (non-hydrogen) atoms. The van der Waals surface area contributed by atoms with Crippen LogP contribution in [0.4, 0.5) is 0 Å². The Bertz CT molecular complexity index is 1120. The number of aliphatic hydroxyl groups is 1. The number of methoxy groups -OCH3 is 3. The van der Waals surface area contributed by atoms with Crippen LogP contribution in [0, 0.1) is 6.92 Å². The number of quaternary nitrogens is 1. The fourth-order valence-electron chi connectivity index (χ4n) is 4.62. The highest BCUT2D eigenvalue weighted by Gasteiger charge is 2.47. The van der Waals surface area contributed by atoms with Crippen LogP contribution in [0.2, 0.25) is 0 Å². The van der Waals surface area contributed by atoms with E-state index in [0.29, 0.717) is 41.5 Å². The zero-order valence-electron chi connectivity index (χ0n) is 21.3. The van der Waals surface area contributed by atoms with Crippen molar-refractivity contribution in [1.29, 1.82) is 0 Å².